The van der Waals surface area contributed by atoms with Gasteiger partial charge in [-0.2, -0.15) is 0 Å². The highest BCUT2D eigenvalue weighted by Gasteiger charge is 2.23. The number of halogens is 4. The van der Waals surface area contributed by atoms with Gasteiger partial charge in [-0.3, -0.25) is 9.69 Å². The Hall–Kier alpha value is -0.590. The number of carbonyl (C=O) groups is 1. The van der Waals surface area contributed by atoms with Crippen LogP contribution in [0.2, 0.25) is 5.02 Å². The number of rotatable bonds is 3. The van der Waals surface area contributed by atoms with Gasteiger partial charge in [0.2, 0.25) is 5.91 Å². The van der Waals surface area contributed by atoms with E-state index in [1.54, 1.807) is 17.9 Å². The van der Waals surface area contributed by atoms with Crippen molar-refractivity contribution in [2.75, 3.05) is 26.2 Å². The normalized spacial score (nSPS) is 16.5. The number of amides is 1. The second kappa shape index (κ2) is 9.53. The minimum atomic E-state index is -0.451. The standard InChI is InChI=1S/C14H19ClFN3O.2ClH/c1-10(17)14(20)19-6-4-18(5-7-19)9-11-2-3-12(16)8-13(11)15;;/h2-3,8,10H,4-7,9,17H2,1H3;2*1H/t10-;;/m1../s1. The Kier molecular flexibility index (Phi) is 9.27. The van der Waals surface area contributed by atoms with Gasteiger partial charge < -0.3 is 10.6 Å². The fraction of sp³-hybridized carbons (Fsp3) is 0.500. The third-order valence-corrected chi connectivity index (χ3v) is 3.83. The van der Waals surface area contributed by atoms with Crippen LogP contribution in [0.5, 0.6) is 0 Å². The predicted octanol–water partition coefficient (Wildman–Crippen LogP) is 2.31. The van der Waals surface area contributed by atoms with Gasteiger partial charge in [0.05, 0.1) is 6.04 Å². The zero-order chi connectivity index (χ0) is 14.7. The van der Waals surface area contributed by atoms with Crippen molar-refractivity contribution in [2.24, 2.45) is 5.73 Å². The van der Waals surface area contributed by atoms with Crippen LogP contribution in [0.1, 0.15) is 12.5 Å². The van der Waals surface area contributed by atoms with Crippen LogP contribution in [0.15, 0.2) is 18.2 Å². The average molecular weight is 373 g/mol. The van der Waals surface area contributed by atoms with Gasteiger partial charge in [-0.15, -0.1) is 24.8 Å². The number of carbonyl (C=O) groups excluding carboxylic acids is 1. The zero-order valence-corrected chi connectivity index (χ0v) is 14.7. The number of hydrogen-bond donors (Lipinski definition) is 1. The Labute approximate surface area is 147 Å². The minimum Gasteiger partial charge on any atom is -0.339 e. The fourth-order valence-electron chi connectivity index (χ4n) is 2.31. The second-order valence-corrected chi connectivity index (χ2v) is 5.53. The largest absolute Gasteiger partial charge is 0.339 e. The van der Waals surface area contributed by atoms with Crippen molar-refractivity contribution in [1.82, 2.24) is 9.80 Å². The van der Waals surface area contributed by atoms with Crippen LogP contribution in [0.25, 0.3) is 0 Å². The maximum atomic E-state index is 13.0. The second-order valence-electron chi connectivity index (χ2n) is 5.13. The average Bonchev–Trinajstić information content (AvgIpc) is 2.42. The molecule has 0 radical (unpaired) electrons. The topological polar surface area (TPSA) is 49.6 Å². The molecule has 1 heterocycles. The molecule has 0 aliphatic carbocycles. The van der Waals surface area contributed by atoms with Crippen molar-refractivity contribution in [3.8, 4) is 0 Å². The molecule has 8 heteroatoms. The van der Waals surface area contributed by atoms with Crippen LogP contribution in [0.4, 0.5) is 4.39 Å². The van der Waals surface area contributed by atoms with Crippen LogP contribution in [-0.2, 0) is 11.3 Å². The van der Waals surface area contributed by atoms with E-state index in [4.69, 9.17) is 17.3 Å². The number of nitrogens with two attached hydrogens (primary N) is 1. The summed E-state index contributed by atoms with van der Waals surface area (Å²) in [6.45, 7) is 5.24. The van der Waals surface area contributed by atoms with Crippen LogP contribution in [0, 0.1) is 5.82 Å². The summed E-state index contributed by atoms with van der Waals surface area (Å²) in [4.78, 5) is 15.8. The fourth-order valence-corrected chi connectivity index (χ4v) is 2.53. The minimum absolute atomic E-state index is 0. The lowest BCUT2D eigenvalue weighted by atomic mass is 10.2. The molecule has 1 aliphatic heterocycles. The van der Waals surface area contributed by atoms with Gasteiger partial charge in [-0.1, -0.05) is 17.7 Å². The molecule has 0 bridgehead atoms. The summed E-state index contributed by atoms with van der Waals surface area (Å²) in [6.07, 6.45) is 0. The summed E-state index contributed by atoms with van der Waals surface area (Å²) in [5, 5.41) is 0.444. The highest BCUT2D eigenvalue weighted by atomic mass is 35.5. The molecule has 1 aliphatic rings. The summed E-state index contributed by atoms with van der Waals surface area (Å²) in [7, 11) is 0. The van der Waals surface area contributed by atoms with Gasteiger partial charge in [0.1, 0.15) is 5.82 Å². The molecule has 2 N–H and O–H groups in total. The smallest absolute Gasteiger partial charge is 0.239 e. The lowest BCUT2D eigenvalue weighted by molar-refractivity contribution is -0.134. The maximum Gasteiger partial charge on any atom is 0.239 e. The molecule has 0 aromatic heterocycles. The Morgan fingerprint density at radius 3 is 2.41 bits per heavy atom. The van der Waals surface area contributed by atoms with E-state index < -0.39 is 6.04 Å². The lowest BCUT2D eigenvalue weighted by Gasteiger charge is -2.35. The third-order valence-electron chi connectivity index (χ3n) is 3.48. The zero-order valence-electron chi connectivity index (χ0n) is 12.3. The summed E-state index contributed by atoms with van der Waals surface area (Å²) < 4.78 is 13.0. The molecule has 1 aromatic carbocycles. The third kappa shape index (κ3) is 5.56. The molecular formula is C14H21Cl3FN3O. The van der Waals surface area contributed by atoms with Gasteiger partial charge in [0, 0.05) is 37.7 Å². The number of benzene rings is 1. The Bertz CT molecular complexity index is 494. The molecular weight excluding hydrogens is 352 g/mol. The van der Waals surface area contributed by atoms with E-state index in [-0.39, 0.29) is 36.5 Å². The van der Waals surface area contributed by atoms with E-state index in [9.17, 15) is 9.18 Å². The highest BCUT2D eigenvalue weighted by molar-refractivity contribution is 6.31. The van der Waals surface area contributed by atoms with Crippen molar-refractivity contribution in [3.05, 3.63) is 34.6 Å². The van der Waals surface area contributed by atoms with Gasteiger partial charge in [0.25, 0.3) is 0 Å². The van der Waals surface area contributed by atoms with Gasteiger partial charge in [0.15, 0.2) is 0 Å². The van der Waals surface area contributed by atoms with Crippen LogP contribution in [-0.4, -0.2) is 47.9 Å². The quantitative estimate of drug-likeness (QED) is 0.886. The maximum absolute atomic E-state index is 13.0. The molecule has 1 amide bonds. The number of hydrogen-bond acceptors (Lipinski definition) is 3. The van der Waals surface area contributed by atoms with E-state index in [1.807, 2.05) is 0 Å². The molecule has 4 nitrogen and oxygen atoms in total. The van der Waals surface area contributed by atoms with E-state index >= 15 is 0 Å². The van der Waals surface area contributed by atoms with Crippen LogP contribution in [0.3, 0.4) is 0 Å². The highest BCUT2D eigenvalue weighted by Crippen LogP contribution is 2.19. The molecule has 1 fully saturated rings. The predicted molar refractivity (Wildman–Crippen MR) is 91.4 cm³/mol. The van der Waals surface area contributed by atoms with E-state index in [0.29, 0.717) is 24.7 Å². The first kappa shape index (κ1) is 21.4. The van der Waals surface area contributed by atoms with E-state index in [2.05, 4.69) is 4.90 Å². The summed E-state index contributed by atoms with van der Waals surface area (Å²) in [5.74, 6) is -0.337. The molecule has 2 rings (SSSR count). The molecule has 22 heavy (non-hydrogen) atoms. The molecule has 126 valence electrons. The van der Waals surface area contributed by atoms with Gasteiger partial charge in [-0.05, 0) is 24.6 Å². The van der Waals surface area contributed by atoms with Crippen molar-refractivity contribution in [3.63, 3.8) is 0 Å². The first-order valence-electron chi connectivity index (χ1n) is 6.68. The SMILES string of the molecule is C[C@@H](N)C(=O)N1CCN(Cc2ccc(F)cc2Cl)CC1.Cl.Cl. The first-order valence-corrected chi connectivity index (χ1v) is 7.06. The lowest BCUT2D eigenvalue weighted by Crippen LogP contribution is -2.52. The molecule has 1 saturated heterocycles. The first-order chi connectivity index (χ1) is 9.47. The van der Waals surface area contributed by atoms with E-state index in [1.165, 1.54) is 12.1 Å². The number of nitrogens with zero attached hydrogens (tertiary/aromatic N) is 2. The van der Waals surface area contributed by atoms with Crippen LogP contribution < -0.4 is 5.73 Å². The monoisotopic (exact) mass is 371 g/mol. The van der Waals surface area contributed by atoms with Gasteiger partial charge >= 0.3 is 0 Å². The summed E-state index contributed by atoms with van der Waals surface area (Å²) >= 11 is 6.02. The molecule has 0 spiro atoms. The Morgan fingerprint density at radius 2 is 1.91 bits per heavy atom. The van der Waals surface area contributed by atoms with Gasteiger partial charge in [-0.25, -0.2) is 4.39 Å². The van der Waals surface area contributed by atoms with Crippen molar-refractivity contribution in [1.29, 1.82) is 0 Å². The summed E-state index contributed by atoms with van der Waals surface area (Å²) in [5.41, 5.74) is 6.50. The molecule has 1 aromatic rings. The molecule has 0 saturated carbocycles. The summed E-state index contributed by atoms with van der Waals surface area (Å²) in [6, 6.07) is 3.99. The van der Waals surface area contributed by atoms with E-state index in [0.717, 1.165) is 18.7 Å². The molecule has 1 atom stereocenters. The van der Waals surface area contributed by atoms with Crippen molar-refractivity contribution >= 4 is 42.3 Å². The molecule has 0 unspecified atom stereocenters. The Morgan fingerprint density at radius 1 is 1.32 bits per heavy atom. The van der Waals surface area contributed by atoms with Crippen LogP contribution >= 0.6 is 36.4 Å². The van der Waals surface area contributed by atoms with Crippen molar-refractivity contribution < 1.29 is 9.18 Å². The van der Waals surface area contributed by atoms with Crippen molar-refractivity contribution in [2.45, 2.75) is 19.5 Å². The number of piperazine rings is 1. The Balaban J connectivity index is 0.00000220.